The van der Waals surface area contributed by atoms with Crippen LogP contribution in [0.3, 0.4) is 0 Å². The van der Waals surface area contributed by atoms with Gasteiger partial charge in [-0.15, -0.1) is 0 Å². The summed E-state index contributed by atoms with van der Waals surface area (Å²) in [5.74, 6) is 1.24. The number of nitrogens with two attached hydrogens (primary N) is 1. The molecule has 1 fully saturated rings. The third-order valence-corrected chi connectivity index (χ3v) is 4.83. The fourth-order valence-corrected chi connectivity index (χ4v) is 3.44. The van der Waals surface area contributed by atoms with E-state index in [0.29, 0.717) is 11.6 Å². The van der Waals surface area contributed by atoms with Gasteiger partial charge in [0, 0.05) is 17.6 Å². The highest BCUT2D eigenvalue weighted by molar-refractivity contribution is 6.31. The molecule has 1 atom stereocenters. The Kier molecular flexibility index (Phi) is 5.42. The van der Waals surface area contributed by atoms with Gasteiger partial charge in [0.2, 0.25) is 0 Å². The summed E-state index contributed by atoms with van der Waals surface area (Å²) < 4.78 is 13.2. The average molecular weight is 299 g/mol. The molecule has 1 aliphatic rings. The Balaban J connectivity index is 2.09. The fraction of sp³-hybridized carbons (Fsp3) is 0.625. The lowest BCUT2D eigenvalue weighted by molar-refractivity contribution is 0.117. The number of nitrogens with zero attached hydrogens (tertiary/aromatic N) is 1. The topological polar surface area (TPSA) is 29.3 Å². The van der Waals surface area contributed by atoms with Crippen molar-refractivity contribution >= 4 is 11.6 Å². The van der Waals surface area contributed by atoms with Crippen molar-refractivity contribution in [2.45, 2.75) is 32.7 Å². The first-order valence-corrected chi connectivity index (χ1v) is 7.79. The van der Waals surface area contributed by atoms with E-state index in [1.807, 2.05) is 0 Å². The van der Waals surface area contributed by atoms with Gasteiger partial charge in [0.1, 0.15) is 5.82 Å². The molecule has 20 heavy (non-hydrogen) atoms. The van der Waals surface area contributed by atoms with Crippen molar-refractivity contribution in [3.63, 3.8) is 0 Å². The summed E-state index contributed by atoms with van der Waals surface area (Å²) in [6, 6.07) is 4.70. The van der Waals surface area contributed by atoms with Crippen molar-refractivity contribution in [1.29, 1.82) is 0 Å². The van der Waals surface area contributed by atoms with Crippen LogP contribution in [0.2, 0.25) is 5.02 Å². The van der Waals surface area contributed by atoms with Crippen LogP contribution in [0.15, 0.2) is 18.2 Å². The lowest BCUT2D eigenvalue weighted by Crippen LogP contribution is -2.40. The van der Waals surface area contributed by atoms with Crippen molar-refractivity contribution in [3.8, 4) is 0 Å². The van der Waals surface area contributed by atoms with E-state index in [0.717, 1.165) is 30.5 Å². The number of likely N-dealkylation sites (tertiary alicyclic amines) is 1. The van der Waals surface area contributed by atoms with E-state index in [2.05, 4.69) is 18.7 Å². The van der Waals surface area contributed by atoms with Crippen molar-refractivity contribution in [1.82, 2.24) is 4.90 Å². The molecule has 4 heteroatoms. The van der Waals surface area contributed by atoms with Gasteiger partial charge in [-0.1, -0.05) is 31.5 Å². The Bertz CT molecular complexity index is 442. The highest BCUT2D eigenvalue weighted by Crippen LogP contribution is 2.32. The van der Waals surface area contributed by atoms with Crippen LogP contribution in [0.4, 0.5) is 4.39 Å². The fourth-order valence-electron chi connectivity index (χ4n) is 3.14. The monoisotopic (exact) mass is 298 g/mol. The van der Waals surface area contributed by atoms with E-state index in [1.165, 1.54) is 25.0 Å². The molecular weight excluding hydrogens is 275 g/mol. The van der Waals surface area contributed by atoms with E-state index in [1.54, 1.807) is 6.07 Å². The zero-order chi connectivity index (χ0) is 14.7. The lowest BCUT2D eigenvalue weighted by Gasteiger charge is -2.38. The summed E-state index contributed by atoms with van der Waals surface area (Å²) >= 11 is 6.18. The first-order chi connectivity index (χ1) is 9.52. The van der Waals surface area contributed by atoms with Crippen molar-refractivity contribution in [2.24, 2.45) is 17.6 Å². The van der Waals surface area contributed by atoms with E-state index >= 15 is 0 Å². The summed E-state index contributed by atoms with van der Waals surface area (Å²) in [5, 5.41) is 0.478. The number of rotatable bonds is 4. The van der Waals surface area contributed by atoms with Crippen molar-refractivity contribution in [2.75, 3.05) is 19.6 Å². The molecule has 0 aromatic heterocycles. The Morgan fingerprint density at radius 1 is 1.35 bits per heavy atom. The molecule has 2 N–H and O–H groups in total. The van der Waals surface area contributed by atoms with Gasteiger partial charge in [-0.2, -0.15) is 0 Å². The standard InChI is InChI=1S/C16H24ClFN2/c1-11(2)12-5-7-20(8-6-12)16(10-19)14-4-3-13(18)9-15(14)17/h3-4,9,11-12,16H,5-8,10,19H2,1-2H3. The van der Waals surface area contributed by atoms with Gasteiger partial charge >= 0.3 is 0 Å². The highest BCUT2D eigenvalue weighted by atomic mass is 35.5. The lowest BCUT2D eigenvalue weighted by atomic mass is 9.86. The van der Waals surface area contributed by atoms with Crippen LogP contribution in [0.1, 0.15) is 38.3 Å². The predicted molar refractivity (Wildman–Crippen MR) is 82.3 cm³/mol. The summed E-state index contributed by atoms with van der Waals surface area (Å²) in [5.41, 5.74) is 6.89. The van der Waals surface area contributed by atoms with Gasteiger partial charge in [-0.3, -0.25) is 4.90 Å². The quantitative estimate of drug-likeness (QED) is 0.915. The van der Waals surface area contributed by atoms with Crippen LogP contribution in [0, 0.1) is 17.7 Å². The summed E-state index contributed by atoms with van der Waals surface area (Å²) in [6.45, 7) is 7.17. The van der Waals surface area contributed by atoms with E-state index < -0.39 is 0 Å². The van der Waals surface area contributed by atoms with Crippen LogP contribution in [0.5, 0.6) is 0 Å². The van der Waals surface area contributed by atoms with Crippen LogP contribution in [-0.2, 0) is 0 Å². The maximum absolute atomic E-state index is 13.2. The molecule has 1 heterocycles. The highest BCUT2D eigenvalue weighted by Gasteiger charge is 2.27. The van der Waals surface area contributed by atoms with E-state index in [9.17, 15) is 4.39 Å². The van der Waals surface area contributed by atoms with E-state index in [4.69, 9.17) is 17.3 Å². The second-order valence-corrected chi connectivity index (χ2v) is 6.44. The van der Waals surface area contributed by atoms with Crippen LogP contribution < -0.4 is 5.73 Å². The third kappa shape index (κ3) is 3.51. The molecule has 0 aliphatic carbocycles. The zero-order valence-corrected chi connectivity index (χ0v) is 13.0. The Morgan fingerprint density at radius 2 is 2.00 bits per heavy atom. The second-order valence-electron chi connectivity index (χ2n) is 6.03. The molecule has 1 aromatic carbocycles. The van der Waals surface area contributed by atoms with Gasteiger partial charge in [0.05, 0.1) is 0 Å². The Labute approximate surface area is 126 Å². The molecule has 1 aromatic rings. The van der Waals surface area contributed by atoms with Crippen LogP contribution >= 0.6 is 11.6 Å². The molecule has 2 rings (SSSR count). The minimum atomic E-state index is -0.298. The summed E-state index contributed by atoms with van der Waals surface area (Å²) in [4.78, 5) is 2.39. The molecule has 0 spiro atoms. The number of hydrogen-bond acceptors (Lipinski definition) is 2. The Hall–Kier alpha value is -0.640. The molecule has 0 saturated carbocycles. The van der Waals surface area contributed by atoms with E-state index in [-0.39, 0.29) is 11.9 Å². The average Bonchev–Trinajstić information content (AvgIpc) is 2.42. The predicted octanol–water partition coefficient (Wildman–Crippen LogP) is 3.85. The van der Waals surface area contributed by atoms with Gasteiger partial charge in [-0.05, 0) is 55.5 Å². The molecule has 0 radical (unpaired) electrons. The smallest absolute Gasteiger partial charge is 0.124 e. The minimum absolute atomic E-state index is 0.0937. The number of halogens is 2. The van der Waals surface area contributed by atoms with Crippen molar-refractivity contribution in [3.05, 3.63) is 34.6 Å². The third-order valence-electron chi connectivity index (χ3n) is 4.50. The molecule has 1 aliphatic heterocycles. The SMILES string of the molecule is CC(C)C1CCN(C(CN)c2ccc(F)cc2Cl)CC1. The number of hydrogen-bond donors (Lipinski definition) is 1. The largest absolute Gasteiger partial charge is 0.329 e. The maximum atomic E-state index is 13.2. The maximum Gasteiger partial charge on any atom is 0.124 e. The van der Waals surface area contributed by atoms with Gasteiger partial charge < -0.3 is 5.73 Å². The zero-order valence-electron chi connectivity index (χ0n) is 12.3. The molecule has 2 nitrogen and oxygen atoms in total. The molecule has 0 amide bonds. The van der Waals surface area contributed by atoms with Crippen LogP contribution in [0.25, 0.3) is 0 Å². The number of benzene rings is 1. The number of piperidine rings is 1. The molecular formula is C16H24ClFN2. The van der Waals surface area contributed by atoms with Crippen LogP contribution in [-0.4, -0.2) is 24.5 Å². The Morgan fingerprint density at radius 3 is 2.50 bits per heavy atom. The van der Waals surface area contributed by atoms with Gasteiger partial charge in [0.15, 0.2) is 0 Å². The van der Waals surface area contributed by atoms with Crippen molar-refractivity contribution < 1.29 is 4.39 Å². The molecule has 1 unspecified atom stereocenters. The van der Waals surface area contributed by atoms with Gasteiger partial charge in [-0.25, -0.2) is 4.39 Å². The minimum Gasteiger partial charge on any atom is -0.329 e. The van der Waals surface area contributed by atoms with Gasteiger partial charge in [0.25, 0.3) is 0 Å². The molecule has 112 valence electrons. The normalized spacial score (nSPS) is 19.5. The molecule has 0 bridgehead atoms. The first kappa shape index (κ1) is 15.7. The summed E-state index contributed by atoms with van der Waals surface area (Å²) in [6.07, 6.45) is 2.40. The first-order valence-electron chi connectivity index (χ1n) is 7.42. The second kappa shape index (κ2) is 6.88. The molecule has 1 saturated heterocycles. The summed E-state index contributed by atoms with van der Waals surface area (Å²) in [7, 11) is 0.